The molecule has 3 heterocycles. The zero-order valence-electron chi connectivity index (χ0n) is 11.7. The molecule has 1 saturated heterocycles. The minimum atomic E-state index is 0.0946. The Labute approximate surface area is 128 Å². The number of pyridine rings is 1. The number of aliphatic imine (C=N–C) groups is 1. The third-order valence-corrected chi connectivity index (χ3v) is 5.31. The van der Waals surface area contributed by atoms with Crippen molar-refractivity contribution in [2.45, 2.75) is 18.4 Å². The lowest BCUT2D eigenvalue weighted by atomic mass is 9.93. The van der Waals surface area contributed by atoms with Gasteiger partial charge in [-0.2, -0.15) is 0 Å². The van der Waals surface area contributed by atoms with Crippen LogP contribution >= 0.6 is 11.8 Å². The number of thioether (sulfide) groups is 1. The molecule has 0 atom stereocenters. The van der Waals surface area contributed by atoms with Crippen LogP contribution in [0.15, 0.2) is 41.7 Å². The molecule has 1 spiro atoms. The van der Waals surface area contributed by atoms with Crippen molar-refractivity contribution in [3.05, 3.63) is 36.7 Å². The molecule has 108 valence electrons. The summed E-state index contributed by atoms with van der Waals surface area (Å²) in [7, 11) is 0. The molecule has 21 heavy (non-hydrogen) atoms. The van der Waals surface area contributed by atoms with E-state index in [1.807, 2.05) is 30.2 Å². The highest BCUT2D eigenvalue weighted by molar-refractivity contribution is 8.14. The number of ether oxygens (including phenoxy) is 1. The van der Waals surface area contributed by atoms with Gasteiger partial charge < -0.3 is 10.1 Å². The van der Waals surface area contributed by atoms with Gasteiger partial charge in [0, 0.05) is 47.8 Å². The van der Waals surface area contributed by atoms with Gasteiger partial charge in [-0.25, -0.2) is 0 Å². The molecule has 0 bridgehead atoms. The summed E-state index contributed by atoms with van der Waals surface area (Å²) in [6, 6.07) is 8.27. The normalized spacial score (nSPS) is 20.7. The van der Waals surface area contributed by atoms with Crippen molar-refractivity contribution in [3.63, 3.8) is 0 Å². The highest BCUT2D eigenvalue weighted by atomic mass is 32.2. The topological polar surface area (TPSA) is 46.5 Å². The van der Waals surface area contributed by atoms with Crippen LogP contribution in [-0.4, -0.2) is 34.7 Å². The molecule has 2 aromatic rings. The number of anilines is 1. The van der Waals surface area contributed by atoms with Crippen LogP contribution in [0.4, 0.5) is 5.69 Å². The Morgan fingerprint density at radius 1 is 1.19 bits per heavy atom. The van der Waals surface area contributed by atoms with Crippen molar-refractivity contribution in [3.8, 4) is 0 Å². The van der Waals surface area contributed by atoms with Gasteiger partial charge in [0.05, 0.1) is 5.54 Å². The number of benzene rings is 1. The van der Waals surface area contributed by atoms with E-state index in [4.69, 9.17) is 9.73 Å². The molecule has 4 rings (SSSR count). The number of hydrogen-bond donors (Lipinski definition) is 1. The summed E-state index contributed by atoms with van der Waals surface area (Å²) in [4.78, 5) is 9.13. The van der Waals surface area contributed by atoms with Crippen molar-refractivity contribution in [1.82, 2.24) is 4.98 Å². The van der Waals surface area contributed by atoms with Crippen LogP contribution < -0.4 is 5.32 Å². The largest absolute Gasteiger partial charge is 0.381 e. The minimum absolute atomic E-state index is 0.0946. The van der Waals surface area contributed by atoms with Crippen LogP contribution in [0, 0.1) is 0 Å². The van der Waals surface area contributed by atoms with Gasteiger partial charge in [-0.3, -0.25) is 9.98 Å². The fraction of sp³-hybridized carbons (Fsp3) is 0.375. The smallest absolute Gasteiger partial charge is 0.161 e. The first-order valence-corrected chi connectivity index (χ1v) is 8.23. The standard InChI is InChI=1S/C16H17N3OS/c1-2-12-10-17-7-4-13(12)14(3-1)18-15-19-16(11-21-15)5-8-20-9-6-16/h1-4,7,10H,5-6,8-9,11H2,(H,18,19). The van der Waals surface area contributed by atoms with E-state index in [1.54, 1.807) is 0 Å². The van der Waals surface area contributed by atoms with Gasteiger partial charge in [0.2, 0.25) is 0 Å². The second-order valence-corrected chi connectivity index (χ2v) is 6.53. The number of aromatic nitrogens is 1. The van der Waals surface area contributed by atoms with E-state index < -0.39 is 0 Å². The predicted octanol–water partition coefficient (Wildman–Crippen LogP) is 3.30. The number of fused-ring (bicyclic) bond motifs is 1. The first-order valence-electron chi connectivity index (χ1n) is 7.25. The summed E-state index contributed by atoms with van der Waals surface area (Å²) in [5, 5.41) is 6.86. The van der Waals surface area contributed by atoms with E-state index in [-0.39, 0.29) is 5.54 Å². The fourth-order valence-electron chi connectivity index (χ4n) is 2.90. The molecular weight excluding hydrogens is 282 g/mol. The van der Waals surface area contributed by atoms with Crippen molar-refractivity contribution >= 4 is 33.4 Å². The minimum Gasteiger partial charge on any atom is -0.381 e. The number of amidine groups is 1. The Bertz CT molecular complexity index is 689. The third-order valence-electron chi connectivity index (χ3n) is 4.16. The van der Waals surface area contributed by atoms with Gasteiger partial charge in [-0.1, -0.05) is 23.9 Å². The lowest BCUT2D eigenvalue weighted by Crippen LogP contribution is -2.34. The van der Waals surface area contributed by atoms with Gasteiger partial charge in [-0.05, 0) is 25.0 Å². The van der Waals surface area contributed by atoms with Crippen molar-refractivity contribution in [2.75, 3.05) is 24.3 Å². The van der Waals surface area contributed by atoms with E-state index in [9.17, 15) is 0 Å². The third kappa shape index (κ3) is 2.51. The molecule has 0 unspecified atom stereocenters. The molecule has 1 aromatic heterocycles. The van der Waals surface area contributed by atoms with E-state index >= 15 is 0 Å². The molecule has 2 aliphatic rings. The summed E-state index contributed by atoms with van der Waals surface area (Å²) in [5.41, 5.74) is 1.20. The molecule has 0 amide bonds. The van der Waals surface area contributed by atoms with Crippen molar-refractivity contribution in [2.24, 2.45) is 4.99 Å². The molecular formula is C16H17N3OS. The Balaban J connectivity index is 1.62. The summed E-state index contributed by atoms with van der Waals surface area (Å²) in [6.07, 6.45) is 5.79. The molecule has 0 radical (unpaired) electrons. The maximum Gasteiger partial charge on any atom is 0.161 e. The van der Waals surface area contributed by atoms with E-state index in [2.05, 4.69) is 28.5 Å². The average Bonchev–Trinajstić information content (AvgIpc) is 2.91. The Morgan fingerprint density at radius 2 is 2.10 bits per heavy atom. The first-order chi connectivity index (χ1) is 10.3. The maximum absolute atomic E-state index is 5.46. The van der Waals surface area contributed by atoms with Crippen LogP contribution in [0.2, 0.25) is 0 Å². The predicted molar refractivity (Wildman–Crippen MR) is 88.0 cm³/mol. The average molecular weight is 299 g/mol. The number of nitrogens with one attached hydrogen (secondary N) is 1. The van der Waals surface area contributed by atoms with Gasteiger partial charge in [0.25, 0.3) is 0 Å². The number of nitrogens with zero attached hydrogens (tertiary/aromatic N) is 2. The summed E-state index contributed by atoms with van der Waals surface area (Å²) >= 11 is 1.82. The van der Waals surface area contributed by atoms with Gasteiger partial charge >= 0.3 is 0 Å². The maximum atomic E-state index is 5.46. The second-order valence-electron chi connectivity index (χ2n) is 5.57. The SMILES string of the molecule is c1cc(NC2=NC3(CCOCC3)CS2)c2ccncc2c1. The number of rotatable bonds is 1. The fourth-order valence-corrected chi connectivity index (χ4v) is 4.10. The van der Waals surface area contributed by atoms with Gasteiger partial charge in [-0.15, -0.1) is 0 Å². The lowest BCUT2D eigenvalue weighted by molar-refractivity contribution is 0.0624. The molecule has 0 saturated carbocycles. The molecule has 0 aliphatic carbocycles. The van der Waals surface area contributed by atoms with E-state index in [1.165, 1.54) is 5.39 Å². The number of hydrogen-bond acceptors (Lipinski definition) is 5. The molecule has 5 heteroatoms. The zero-order chi connectivity index (χ0) is 14.1. The van der Waals surface area contributed by atoms with E-state index in [0.717, 1.165) is 48.0 Å². The van der Waals surface area contributed by atoms with Crippen LogP contribution in [0.1, 0.15) is 12.8 Å². The van der Waals surface area contributed by atoms with E-state index in [0.29, 0.717) is 0 Å². The van der Waals surface area contributed by atoms with Crippen LogP contribution in [0.5, 0.6) is 0 Å². The van der Waals surface area contributed by atoms with Crippen LogP contribution in [-0.2, 0) is 4.74 Å². The van der Waals surface area contributed by atoms with Crippen LogP contribution in [0.25, 0.3) is 10.8 Å². The zero-order valence-corrected chi connectivity index (χ0v) is 12.5. The molecule has 1 fully saturated rings. The van der Waals surface area contributed by atoms with Gasteiger partial charge in [0.15, 0.2) is 5.17 Å². The Kier molecular flexibility index (Phi) is 3.31. The summed E-state index contributed by atoms with van der Waals surface area (Å²) in [5.74, 6) is 1.06. The molecule has 1 aromatic carbocycles. The monoisotopic (exact) mass is 299 g/mol. The second kappa shape index (κ2) is 5.31. The van der Waals surface area contributed by atoms with Gasteiger partial charge in [0.1, 0.15) is 0 Å². The Hall–Kier alpha value is -1.59. The summed E-state index contributed by atoms with van der Waals surface area (Å²) in [6.45, 7) is 1.66. The summed E-state index contributed by atoms with van der Waals surface area (Å²) < 4.78 is 5.46. The molecule has 2 aliphatic heterocycles. The quantitative estimate of drug-likeness (QED) is 0.877. The Morgan fingerprint density at radius 3 is 3.00 bits per heavy atom. The molecule has 4 nitrogen and oxygen atoms in total. The van der Waals surface area contributed by atoms with Crippen molar-refractivity contribution in [1.29, 1.82) is 0 Å². The highest BCUT2D eigenvalue weighted by Crippen LogP contribution is 2.36. The highest BCUT2D eigenvalue weighted by Gasteiger charge is 2.37. The first kappa shape index (κ1) is 13.1. The van der Waals surface area contributed by atoms with Crippen LogP contribution in [0.3, 0.4) is 0 Å². The lowest BCUT2D eigenvalue weighted by Gasteiger charge is -2.29. The van der Waals surface area contributed by atoms with Crippen molar-refractivity contribution < 1.29 is 4.74 Å². The molecule has 1 N–H and O–H groups in total.